The summed E-state index contributed by atoms with van der Waals surface area (Å²) in [6.07, 6.45) is 38.8. The fourth-order valence-electron chi connectivity index (χ4n) is 5.72. The quantitative estimate of drug-likeness (QED) is 0.0157. The van der Waals surface area contributed by atoms with Crippen LogP contribution in [0.15, 0.2) is 109 Å². The van der Waals surface area contributed by atoms with E-state index < -0.39 is 63.1 Å². The van der Waals surface area contributed by atoms with Crippen molar-refractivity contribution in [2.75, 3.05) is 19.8 Å². The topological polar surface area (TPSA) is 192 Å². The van der Waals surface area contributed by atoms with Crippen LogP contribution in [0.2, 0.25) is 0 Å². The molecule has 0 bridgehead atoms. The van der Waals surface area contributed by atoms with Crippen molar-refractivity contribution in [3.8, 4) is 0 Å². The van der Waals surface area contributed by atoms with Gasteiger partial charge in [-0.1, -0.05) is 123 Å². The van der Waals surface area contributed by atoms with Gasteiger partial charge in [0.15, 0.2) is 0 Å². The number of carbonyl (C=O) groups excluding carboxylic acids is 1. The van der Waals surface area contributed by atoms with Crippen LogP contribution in [0.25, 0.3) is 0 Å². The number of phosphoric ester groups is 1. The molecule has 1 saturated carbocycles. The molecule has 0 radical (unpaired) electrons. The third-order valence-corrected chi connectivity index (χ3v) is 10.1. The average Bonchev–Trinajstić information content (AvgIpc) is 3.23. The SMILES string of the molecule is CC/C=C\C/C=C\C/C=C\C/C=C\C/C=C\CCCCOCC(COP(=O)(O)OC1C(O)C(O)C(O)C(O)C1O)OC(=O)CCCC/C=C\C/C=C\C/C=C\C/C=C\CC. The van der Waals surface area contributed by atoms with Gasteiger partial charge >= 0.3 is 13.8 Å². The number of ether oxygens (including phenoxy) is 2. The Hall–Kier alpha value is -3.00. The number of unbranched alkanes of at least 4 members (excludes halogenated alkanes) is 4. The van der Waals surface area contributed by atoms with Gasteiger partial charge in [-0.05, 0) is 96.3 Å². The second-order valence-corrected chi connectivity index (χ2v) is 15.8. The molecule has 0 aromatic heterocycles. The average molecular weight is 863 g/mol. The van der Waals surface area contributed by atoms with Crippen molar-refractivity contribution >= 4 is 13.8 Å². The molecule has 0 aromatic rings. The fourth-order valence-corrected chi connectivity index (χ4v) is 6.70. The summed E-state index contributed by atoms with van der Waals surface area (Å²) in [5.74, 6) is -0.539. The van der Waals surface area contributed by atoms with Crippen LogP contribution in [0, 0.1) is 0 Å². The predicted molar refractivity (Wildman–Crippen MR) is 239 cm³/mol. The molecule has 0 amide bonds. The lowest BCUT2D eigenvalue weighted by Crippen LogP contribution is -2.64. The lowest BCUT2D eigenvalue weighted by atomic mass is 9.85. The number of hydrogen-bond donors (Lipinski definition) is 6. The highest BCUT2D eigenvalue weighted by molar-refractivity contribution is 7.47. The first-order chi connectivity index (χ1) is 29.0. The molecule has 0 spiro atoms. The first-order valence-corrected chi connectivity index (χ1v) is 23.2. The molecular weight excluding hydrogens is 787 g/mol. The molecule has 1 rings (SSSR count). The van der Waals surface area contributed by atoms with Crippen molar-refractivity contribution in [1.82, 2.24) is 0 Å². The zero-order valence-electron chi connectivity index (χ0n) is 35.9. The minimum Gasteiger partial charge on any atom is -0.457 e. The van der Waals surface area contributed by atoms with Crippen LogP contribution in [-0.4, -0.2) is 98.9 Å². The van der Waals surface area contributed by atoms with Crippen LogP contribution in [0.1, 0.15) is 117 Å². The van der Waals surface area contributed by atoms with Gasteiger partial charge in [-0.25, -0.2) is 4.57 Å². The number of allylic oxidation sites excluding steroid dienone is 18. The molecular formula is C47H75O12P. The molecule has 0 aliphatic heterocycles. The minimum atomic E-state index is -5.05. The minimum absolute atomic E-state index is 0.114. The normalized spacial score (nSPS) is 23.4. The van der Waals surface area contributed by atoms with Crippen LogP contribution in [0.3, 0.4) is 0 Å². The number of esters is 1. The highest BCUT2D eigenvalue weighted by atomic mass is 31.2. The van der Waals surface area contributed by atoms with E-state index in [4.69, 9.17) is 18.5 Å². The van der Waals surface area contributed by atoms with E-state index in [1.807, 2.05) is 0 Å². The summed E-state index contributed by atoms with van der Waals surface area (Å²) in [4.78, 5) is 23.1. The molecule has 1 fully saturated rings. The monoisotopic (exact) mass is 862 g/mol. The Balaban J connectivity index is 2.51. The first-order valence-electron chi connectivity index (χ1n) is 21.7. The maximum absolute atomic E-state index is 12.8. The molecule has 6 N–H and O–H groups in total. The van der Waals surface area contributed by atoms with Crippen molar-refractivity contribution in [3.63, 3.8) is 0 Å². The number of hydrogen-bond acceptors (Lipinski definition) is 11. The van der Waals surface area contributed by atoms with Crippen LogP contribution in [-0.2, 0) is 27.9 Å². The molecule has 6 unspecified atom stereocenters. The van der Waals surface area contributed by atoms with Crippen LogP contribution >= 0.6 is 7.82 Å². The Kier molecular flexibility index (Phi) is 33.6. The van der Waals surface area contributed by atoms with Crippen LogP contribution < -0.4 is 0 Å². The summed E-state index contributed by atoms with van der Waals surface area (Å²) >= 11 is 0. The van der Waals surface area contributed by atoms with Crippen molar-refractivity contribution in [2.24, 2.45) is 0 Å². The summed E-state index contributed by atoms with van der Waals surface area (Å²) in [5, 5.41) is 50.1. The molecule has 13 heteroatoms. The molecule has 340 valence electrons. The Labute approximate surface area is 359 Å². The number of aliphatic hydroxyl groups excluding tert-OH is 5. The number of carbonyl (C=O) groups is 1. The Morgan fingerprint density at radius 3 is 1.35 bits per heavy atom. The van der Waals surface area contributed by atoms with E-state index in [9.17, 15) is 39.8 Å². The van der Waals surface area contributed by atoms with Gasteiger partial charge < -0.3 is 39.9 Å². The predicted octanol–water partition coefficient (Wildman–Crippen LogP) is 8.52. The van der Waals surface area contributed by atoms with Gasteiger partial charge in [0.25, 0.3) is 0 Å². The van der Waals surface area contributed by atoms with Gasteiger partial charge in [-0.15, -0.1) is 0 Å². The standard InChI is InChI=1S/C47H75O12P/c1-3-5-7-9-11-13-15-17-19-20-21-23-25-27-29-31-33-35-37-56-38-40(39-57-60(54,55)59-47-45(52)43(50)42(49)44(51)46(47)53)58-41(48)36-34-32-30-28-26-24-22-18-16-14-12-10-8-6-4-2/h5-8,11-14,17-19,21-23,26-29,40,42-47,49-53H,3-4,9-10,15-16,20,24-25,30-39H2,1-2H3,(H,54,55)/b7-5-,8-6-,13-11-,14-12-,19-17-,22-18-,23-21-,28-26-,29-27-. The number of phosphoric acid groups is 1. The van der Waals surface area contributed by atoms with Gasteiger partial charge in [0.2, 0.25) is 0 Å². The molecule has 0 heterocycles. The second kappa shape index (κ2) is 36.6. The zero-order chi connectivity index (χ0) is 44.1. The van der Waals surface area contributed by atoms with Crippen LogP contribution in [0.5, 0.6) is 0 Å². The zero-order valence-corrected chi connectivity index (χ0v) is 36.8. The second-order valence-electron chi connectivity index (χ2n) is 14.4. The van der Waals surface area contributed by atoms with E-state index >= 15 is 0 Å². The number of aliphatic hydroxyl groups is 5. The smallest absolute Gasteiger partial charge is 0.457 e. The van der Waals surface area contributed by atoms with E-state index in [2.05, 4.69) is 123 Å². The summed E-state index contributed by atoms with van der Waals surface area (Å²) in [6, 6.07) is 0. The Morgan fingerprint density at radius 2 is 0.917 bits per heavy atom. The van der Waals surface area contributed by atoms with Crippen molar-refractivity contribution in [3.05, 3.63) is 109 Å². The Morgan fingerprint density at radius 1 is 0.533 bits per heavy atom. The van der Waals surface area contributed by atoms with Gasteiger partial charge in [-0.2, -0.15) is 0 Å². The van der Waals surface area contributed by atoms with E-state index in [0.29, 0.717) is 13.0 Å². The van der Waals surface area contributed by atoms with E-state index in [1.54, 1.807) is 0 Å². The molecule has 0 saturated heterocycles. The lowest BCUT2D eigenvalue weighted by Gasteiger charge is -2.41. The fraction of sp³-hybridized carbons (Fsp3) is 0.596. The first kappa shape index (κ1) is 55.0. The molecule has 1 aliphatic rings. The van der Waals surface area contributed by atoms with Crippen molar-refractivity contribution in [2.45, 2.75) is 159 Å². The maximum atomic E-state index is 12.8. The molecule has 6 atom stereocenters. The van der Waals surface area contributed by atoms with E-state index in [1.165, 1.54) is 0 Å². The van der Waals surface area contributed by atoms with Gasteiger partial charge in [0, 0.05) is 13.0 Å². The summed E-state index contributed by atoms with van der Waals surface area (Å²) in [7, 11) is -5.05. The highest BCUT2D eigenvalue weighted by Crippen LogP contribution is 2.47. The summed E-state index contributed by atoms with van der Waals surface area (Å²) in [6.45, 7) is 3.84. The molecule has 0 aromatic carbocycles. The lowest BCUT2D eigenvalue weighted by molar-refractivity contribution is -0.220. The van der Waals surface area contributed by atoms with Crippen LogP contribution in [0.4, 0.5) is 0 Å². The van der Waals surface area contributed by atoms with E-state index in [-0.39, 0.29) is 13.0 Å². The maximum Gasteiger partial charge on any atom is 0.472 e. The molecule has 1 aliphatic carbocycles. The third-order valence-electron chi connectivity index (χ3n) is 9.14. The van der Waals surface area contributed by atoms with Gasteiger partial charge in [-0.3, -0.25) is 13.8 Å². The molecule has 12 nitrogen and oxygen atoms in total. The summed E-state index contributed by atoms with van der Waals surface area (Å²) < 4.78 is 34.0. The van der Waals surface area contributed by atoms with E-state index in [0.717, 1.165) is 89.9 Å². The van der Waals surface area contributed by atoms with Gasteiger partial charge in [0.05, 0.1) is 13.2 Å². The highest BCUT2D eigenvalue weighted by Gasteiger charge is 2.51. The van der Waals surface area contributed by atoms with Crippen molar-refractivity contribution in [1.29, 1.82) is 0 Å². The van der Waals surface area contributed by atoms with Crippen molar-refractivity contribution < 1.29 is 58.3 Å². The summed E-state index contributed by atoms with van der Waals surface area (Å²) in [5.41, 5.74) is 0. The third kappa shape index (κ3) is 28.5. The Bertz CT molecular complexity index is 1400. The number of rotatable bonds is 34. The van der Waals surface area contributed by atoms with Gasteiger partial charge in [0.1, 0.15) is 42.7 Å². The molecule has 60 heavy (non-hydrogen) atoms. The largest absolute Gasteiger partial charge is 0.472 e.